The molecule has 0 aliphatic carbocycles. The number of anilines is 1. The second-order valence-electron chi connectivity index (χ2n) is 6.03. The van der Waals surface area contributed by atoms with Crippen LogP contribution in [-0.2, 0) is 4.74 Å². The van der Waals surface area contributed by atoms with Gasteiger partial charge >= 0.3 is 5.97 Å². The molecule has 0 aliphatic heterocycles. The first-order valence-corrected chi connectivity index (χ1v) is 10.1. The molecule has 0 radical (unpaired) electrons. The van der Waals surface area contributed by atoms with Crippen molar-refractivity contribution in [3.8, 4) is 17.2 Å². The molecule has 0 unspecified atom stereocenters. The van der Waals surface area contributed by atoms with Crippen LogP contribution in [0.2, 0.25) is 0 Å². The maximum atomic E-state index is 12.8. The maximum absolute atomic E-state index is 12.8. The first kappa shape index (κ1) is 21.3. The Morgan fingerprint density at radius 1 is 1.03 bits per heavy atom. The van der Waals surface area contributed by atoms with E-state index in [-0.39, 0.29) is 17.2 Å². The van der Waals surface area contributed by atoms with Crippen molar-refractivity contribution in [3.05, 3.63) is 59.9 Å². The van der Waals surface area contributed by atoms with E-state index in [0.717, 1.165) is 10.8 Å². The third kappa shape index (κ3) is 4.25. The van der Waals surface area contributed by atoms with Crippen LogP contribution in [0.4, 0.5) is 5.69 Å². The molecule has 1 amide bonds. The number of hydrogen-bond acceptors (Lipinski definition) is 7. The number of thioether (sulfide) groups is 1. The van der Waals surface area contributed by atoms with Crippen molar-refractivity contribution in [1.82, 2.24) is 9.55 Å². The predicted octanol–water partition coefficient (Wildman–Crippen LogP) is 3.65. The first-order valence-electron chi connectivity index (χ1n) is 8.85. The number of aromatic nitrogens is 2. The lowest BCUT2D eigenvalue weighted by Gasteiger charge is -2.15. The highest BCUT2D eigenvalue weighted by atomic mass is 32.2. The lowest BCUT2D eigenvalue weighted by Crippen LogP contribution is -2.16. The number of carbonyl (C=O) groups excluding carboxylic acids is 2. The second-order valence-corrected chi connectivity index (χ2v) is 6.80. The van der Waals surface area contributed by atoms with Gasteiger partial charge in [0, 0.05) is 35.8 Å². The molecule has 0 fully saturated rings. The molecule has 3 aromatic rings. The Labute approximate surface area is 178 Å². The number of amides is 1. The van der Waals surface area contributed by atoms with Gasteiger partial charge < -0.3 is 19.5 Å². The van der Waals surface area contributed by atoms with Crippen LogP contribution >= 0.6 is 11.8 Å². The Balaban J connectivity index is 1.89. The van der Waals surface area contributed by atoms with Gasteiger partial charge in [-0.25, -0.2) is 9.78 Å². The van der Waals surface area contributed by atoms with Crippen LogP contribution in [-0.4, -0.2) is 49.0 Å². The van der Waals surface area contributed by atoms with Gasteiger partial charge in [-0.1, -0.05) is 11.8 Å². The molecule has 0 saturated carbocycles. The average Bonchev–Trinajstić information content (AvgIpc) is 3.27. The minimum absolute atomic E-state index is 0.156. The van der Waals surface area contributed by atoms with Crippen LogP contribution in [0, 0.1) is 0 Å². The van der Waals surface area contributed by atoms with Gasteiger partial charge in [-0.05, 0) is 30.5 Å². The summed E-state index contributed by atoms with van der Waals surface area (Å²) >= 11 is 1.53. The summed E-state index contributed by atoms with van der Waals surface area (Å²) in [6.45, 7) is 0. The molecule has 0 atom stereocenters. The predicted molar refractivity (Wildman–Crippen MR) is 114 cm³/mol. The van der Waals surface area contributed by atoms with Gasteiger partial charge in [0.15, 0.2) is 16.7 Å². The molecule has 3 rings (SSSR count). The standard InChI is InChI=1S/C21H21N3O5S/c1-27-17-11-15(20(26)29-3)16(12-18(17)28-2)23-19(25)13-5-7-14(8-6-13)24-10-9-22-21(24)30-4/h5-12H,1-4H3,(H,23,25). The summed E-state index contributed by atoms with van der Waals surface area (Å²) < 4.78 is 17.2. The minimum atomic E-state index is -0.605. The third-order valence-corrected chi connectivity index (χ3v) is 5.04. The molecule has 8 nitrogen and oxygen atoms in total. The number of rotatable bonds is 7. The van der Waals surface area contributed by atoms with Crippen molar-refractivity contribution in [1.29, 1.82) is 0 Å². The third-order valence-electron chi connectivity index (χ3n) is 4.37. The number of carbonyl (C=O) groups is 2. The van der Waals surface area contributed by atoms with E-state index in [1.165, 1.54) is 45.2 Å². The molecule has 30 heavy (non-hydrogen) atoms. The van der Waals surface area contributed by atoms with Gasteiger partial charge in [0.25, 0.3) is 5.91 Å². The van der Waals surface area contributed by atoms with E-state index in [4.69, 9.17) is 14.2 Å². The van der Waals surface area contributed by atoms with E-state index in [1.54, 1.807) is 18.3 Å². The number of methoxy groups -OCH3 is 3. The van der Waals surface area contributed by atoms with Crippen molar-refractivity contribution < 1.29 is 23.8 Å². The molecule has 0 spiro atoms. The molecular formula is C21H21N3O5S. The topological polar surface area (TPSA) is 91.7 Å². The SMILES string of the molecule is COC(=O)c1cc(OC)c(OC)cc1NC(=O)c1ccc(-n2ccnc2SC)cc1. The summed E-state index contributed by atoms with van der Waals surface area (Å²) in [6, 6.07) is 10.0. The fraction of sp³-hybridized carbons (Fsp3) is 0.190. The normalized spacial score (nSPS) is 10.4. The van der Waals surface area contributed by atoms with E-state index in [1.807, 2.05) is 29.2 Å². The number of nitrogens with one attached hydrogen (secondary N) is 1. The molecule has 1 N–H and O–H groups in total. The first-order chi connectivity index (χ1) is 14.5. The van der Waals surface area contributed by atoms with Crippen LogP contribution in [0.1, 0.15) is 20.7 Å². The molecule has 1 heterocycles. The molecule has 0 aliphatic rings. The molecule has 0 saturated heterocycles. The minimum Gasteiger partial charge on any atom is -0.493 e. The Hall–Kier alpha value is -3.46. The fourth-order valence-corrected chi connectivity index (χ4v) is 3.40. The summed E-state index contributed by atoms with van der Waals surface area (Å²) in [4.78, 5) is 29.2. The zero-order valence-electron chi connectivity index (χ0n) is 17.0. The largest absolute Gasteiger partial charge is 0.493 e. The van der Waals surface area contributed by atoms with Crippen molar-refractivity contribution in [2.24, 2.45) is 0 Å². The highest BCUT2D eigenvalue weighted by Gasteiger charge is 2.19. The lowest BCUT2D eigenvalue weighted by molar-refractivity contribution is 0.0601. The van der Waals surface area contributed by atoms with E-state index in [9.17, 15) is 9.59 Å². The van der Waals surface area contributed by atoms with Crippen molar-refractivity contribution in [2.45, 2.75) is 5.16 Å². The van der Waals surface area contributed by atoms with Crippen LogP contribution in [0.3, 0.4) is 0 Å². The zero-order chi connectivity index (χ0) is 21.7. The van der Waals surface area contributed by atoms with Crippen LogP contribution in [0.5, 0.6) is 11.5 Å². The van der Waals surface area contributed by atoms with E-state index >= 15 is 0 Å². The molecule has 9 heteroatoms. The molecule has 1 aromatic heterocycles. The van der Waals surface area contributed by atoms with E-state index in [0.29, 0.717) is 17.1 Å². The number of imidazole rings is 1. The van der Waals surface area contributed by atoms with Crippen molar-refractivity contribution >= 4 is 29.3 Å². The van der Waals surface area contributed by atoms with Gasteiger partial charge in [0.1, 0.15) is 0 Å². The van der Waals surface area contributed by atoms with E-state index < -0.39 is 5.97 Å². The lowest BCUT2D eigenvalue weighted by atomic mass is 10.1. The summed E-state index contributed by atoms with van der Waals surface area (Å²) in [7, 11) is 4.20. The van der Waals surface area contributed by atoms with Crippen LogP contribution < -0.4 is 14.8 Å². The highest BCUT2D eigenvalue weighted by Crippen LogP contribution is 2.34. The summed E-state index contributed by atoms with van der Waals surface area (Å²) in [6.07, 6.45) is 5.52. The second kappa shape index (κ2) is 9.36. The number of esters is 1. The molecule has 156 valence electrons. The average molecular weight is 427 g/mol. The monoisotopic (exact) mass is 427 g/mol. The molecule has 0 bridgehead atoms. The summed E-state index contributed by atoms with van der Waals surface area (Å²) in [5.41, 5.74) is 1.72. The van der Waals surface area contributed by atoms with Crippen molar-refractivity contribution in [2.75, 3.05) is 32.9 Å². The Morgan fingerprint density at radius 2 is 1.70 bits per heavy atom. The van der Waals surface area contributed by atoms with Gasteiger partial charge in [0.2, 0.25) is 0 Å². The van der Waals surface area contributed by atoms with Crippen molar-refractivity contribution in [3.63, 3.8) is 0 Å². The number of nitrogens with zero attached hydrogens (tertiary/aromatic N) is 2. The number of hydrogen-bond donors (Lipinski definition) is 1. The van der Waals surface area contributed by atoms with E-state index in [2.05, 4.69) is 10.3 Å². The highest BCUT2D eigenvalue weighted by molar-refractivity contribution is 7.98. The fourth-order valence-electron chi connectivity index (χ4n) is 2.87. The Kier molecular flexibility index (Phi) is 6.63. The number of ether oxygens (including phenoxy) is 3. The molecule has 2 aromatic carbocycles. The molecular weight excluding hydrogens is 406 g/mol. The van der Waals surface area contributed by atoms with Crippen LogP contribution in [0.25, 0.3) is 5.69 Å². The number of benzene rings is 2. The maximum Gasteiger partial charge on any atom is 0.340 e. The summed E-state index contributed by atoms with van der Waals surface area (Å²) in [5.74, 6) is -0.258. The summed E-state index contributed by atoms with van der Waals surface area (Å²) in [5, 5.41) is 3.59. The van der Waals surface area contributed by atoms with Gasteiger partial charge in [0.05, 0.1) is 32.6 Å². The van der Waals surface area contributed by atoms with Crippen LogP contribution in [0.15, 0.2) is 53.9 Å². The Bertz CT molecular complexity index is 1060. The Morgan fingerprint density at radius 3 is 2.30 bits per heavy atom. The van der Waals surface area contributed by atoms with Gasteiger partial charge in [-0.2, -0.15) is 0 Å². The van der Waals surface area contributed by atoms with Gasteiger partial charge in [-0.3, -0.25) is 9.36 Å². The smallest absolute Gasteiger partial charge is 0.340 e. The van der Waals surface area contributed by atoms with Gasteiger partial charge in [-0.15, -0.1) is 0 Å². The quantitative estimate of drug-likeness (QED) is 0.454. The zero-order valence-corrected chi connectivity index (χ0v) is 17.8.